The summed E-state index contributed by atoms with van der Waals surface area (Å²) < 4.78 is 10.8. The number of hydrogen-bond donors (Lipinski definition) is 3. The van der Waals surface area contributed by atoms with E-state index in [2.05, 4.69) is 19.1 Å². The van der Waals surface area contributed by atoms with Crippen molar-refractivity contribution in [1.29, 1.82) is 0 Å². The van der Waals surface area contributed by atoms with Gasteiger partial charge < -0.3 is 24.8 Å². The molecule has 1 fully saturated rings. The largest absolute Gasteiger partial charge is 0.388 e. The Kier molecular flexibility index (Phi) is 15.0. The molecule has 0 aromatic heterocycles. The number of ether oxygens (including phenoxy) is 2. The lowest BCUT2D eigenvalue weighted by atomic mass is 10.0. The maximum Gasteiger partial charge on any atom is 0.111 e. The highest BCUT2D eigenvalue weighted by atomic mass is 16.6. The van der Waals surface area contributed by atoms with Crippen LogP contribution in [-0.2, 0) is 9.47 Å². The SMILES string of the molecule is CCCCCCCC/C=C/CCCCCCOC[C@H]1OC[C@H](O)[C@@H](O)[C@@H]1O. The van der Waals surface area contributed by atoms with Crippen LogP contribution in [0.1, 0.15) is 84.0 Å². The van der Waals surface area contributed by atoms with Crippen molar-refractivity contribution in [3.63, 3.8) is 0 Å². The highest BCUT2D eigenvalue weighted by Crippen LogP contribution is 2.16. The predicted molar refractivity (Wildman–Crippen MR) is 109 cm³/mol. The molecule has 160 valence electrons. The molecule has 5 nitrogen and oxygen atoms in total. The van der Waals surface area contributed by atoms with Crippen LogP contribution in [0.15, 0.2) is 12.2 Å². The van der Waals surface area contributed by atoms with E-state index >= 15 is 0 Å². The van der Waals surface area contributed by atoms with Gasteiger partial charge in [0.2, 0.25) is 0 Å². The summed E-state index contributed by atoms with van der Waals surface area (Å²) in [6, 6.07) is 0. The highest BCUT2D eigenvalue weighted by molar-refractivity contribution is 4.86. The van der Waals surface area contributed by atoms with Crippen molar-refractivity contribution in [3.05, 3.63) is 12.2 Å². The monoisotopic (exact) mass is 386 g/mol. The molecule has 1 rings (SSSR count). The van der Waals surface area contributed by atoms with Crippen LogP contribution < -0.4 is 0 Å². The molecule has 27 heavy (non-hydrogen) atoms. The molecule has 4 atom stereocenters. The fourth-order valence-corrected chi connectivity index (χ4v) is 3.31. The third kappa shape index (κ3) is 11.9. The van der Waals surface area contributed by atoms with Crippen LogP contribution >= 0.6 is 0 Å². The Morgan fingerprint density at radius 3 is 2.07 bits per heavy atom. The molecule has 0 aromatic carbocycles. The third-order valence-electron chi connectivity index (χ3n) is 5.19. The molecule has 1 saturated heterocycles. The number of allylic oxidation sites excluding steroid dienone is 2. The summed E-state index contributed by atoms with van der Waals surface area (Å²) in [5.41, 5.74) is 0. The molecule has 0 amide bonds. The molecular weight excluding hydrogens is 344 g/mol. The normalized spacial score (nSPS) is 26.1. The van der Waals surface area contributed by atoms with E-state index < -0.39 is 24.4 Å². The predicted octanol–water partition coefficient (Wildman–Crippen LogP) is 3.74. The summed E-state index contributed by atoms with van der Waals surface area (Å²) in [5.74, 6) is 0. The second-order valence-corrected chi connectivity index (χ2v) is 7.73. The Morgan fingerprint density at radius 1 is 0.815 bits per heavy atom. The Hall–Kier alpha value is -0.460. The van der Waals surface area contributed by atoms with Crippen molar-refractivity contribution in [2.24, 2.45) is 0 Å². The lowest BCUT2D eigenvalue weighted by molar-refractivity contribution is -0.199. The minimum Gasteiger partial charge on any atom is -0.388 e. The van der Waals surface area contributed by atoms with Gasteiger partial charge in [-0.2, -0.15) is 0 Å². The highest BCUT2D eigenvalue weighted by Gasteiger charge is 2.37. The molecular formula is C22H42O5. The van der Waals surface area contributed by atoms with E-state index in [1.807, 2.05) is 0 Å². The lowest BCUT2D eigenvalue weighted by Crippen LogP contribution is -2.54. The number of aliphatic hydroxyl groups excluding tert-OH is 3. The van der Waals surface area contributed by atoms with Crippen molar-refractivity contribution in [2.45, 2.75) is 108 Å². The van der Waals surface area contributed by atoms with Crippen molar-refractivity contribution in [2.75, 3.05) is 19.8 Å². The summed E-state index contributed by atoms with van der Waals surface area (Å²) in [7, 11) is 0. The summed E-state index contributed by atoms with van der Waals surface area (Å²) in [6.45, 7) is 3.19. The molecule has 1 heterocycles. The van der Waals surface area contributed by atoms with Gasteiger partial charge in [-0.1, -0.05) is 64.0 Å². The molecule has 3 N–H and O–H groups in total. The summed E-state index contributed by atoms with van der Waals surface area (Å²) >= 11 is 0. The smallest absolute Gasteiger partial charge is 0.111 e. The van der Waals surface area contributed by atoms with Crippen molar-refractivity contribution >= 4 is 0 Å². The molecule has 0 radical (unpaired) electrons. The molecule has 1 aliphatic rings. The van der Waals surface area contributed by atoms with E-state index in [4.69, 9.17) is 9.47 Å². The molecule has 0 unspecified atom stereocenters. The van der Waals surface area contributed by atoms with E-state index in [0.29, 0.717) is 6.61 Å². The van der Waals surface area contributed by atoms with Crippen LogP contribution in [0.2, 0.25) is 0 Å². The fourth-order valence-electron chi connectivity index (χ4n) is 3.31. The van der Waals surface area contributed by atoms with Gasteiger partial charge in [-0.05, 0) is 32.1 Å². The van der Waals surface area contributed by atoms with Crippen LogP contribution in [0.25, 0.3) is 0 Å². The van der Waals surface area contributed by atoms with Gasteiger partial charge in [-0.25, -0.2) is 0 Å². The zero-order valence-electron chi connectivity index (χ0n) is 17.2. The topological polar surface area (TPSA) is 79.2 Å². The van der Waals surface area contributed by atoms with Gasteiger partial charge in [0, 0.05) is 6.61 Å². The Morgan fingerprint density at radius 2 is 1.41 bits per heavy atom. The lowest BCUT2D eigenvalue weighted by Gasteiger charge is -2.35. The second kappa shape index (κ2) is 16.5. The van der Waals surface area contributed by atoms with Gasteiger partial charge in [-0.3, -0.25) is 0 Å². The molecule has 0 bridgehead atoms. The van der Waals surface area contributed by atoms with Crippen LogP contribution in [0, 0.1) is 0 Å². The Bertz CT molecular complexity index is 361. The average Bonchev–Trinajstić information content (AvgIpc) is 2.67. The van der Waals surface area contributed by atoms with Crippen LogP contribution in [0.3, 0.4) is 0 Å². The van der Waals surface area contributed by atoms with Gasteiger partial charge in [0.05, 0.1) is 13.2 Å². The van der Waals surface area contributed by atoms with Gasteiger partial charge in [-0.15, -0.1) is 0 Å². The summed E-state index contributed by atoms with van der Waals surface area (Å²) in [5, 5.41) is 28.8. The van der Waals surface area contributed by atoms with Crippen LogP contribution in [-0.4, -0.2) is 59.6 Å². The number of aliphatic hydroxyl groups is 3. The van der Waals surface area contributed by atoms with Gasteiger partial charge >= 0.3 is 0 Å². The van der Waals surface area contributed by atoms with E-state index in [1.54, 1.807) is 0 Å². The fraction of sp³-hybridized carbons (Fsp3) is 0.909. The standard InChI is InChI=1S/C22H42O5/c1-2-3-4-5-6-7-8-9-10-11-12-13-14-15-16-26-18-20-22(25)21(24)19(23)17-27-20/h9-10,19-25H,2-8,11-18H2,1H3/b10-9+/t19-,20+,21+,22+/m0/s1. The van der Waals surface area contributed by atoms with Crippen LogP contribution in [0.5, 0.6) is 0 Å². The molecule has 0 spiro atoms. The quantitative estimate of drug-likeness (QED) is 0.278. The van der Waals surface area contributed by atoms with Crippen molar-refractivity contribution < 1.29 is 24.8 Å². The van der Waals surface area contributed by atoms with Crippen LogP contribution in [0.4, 0.5) is 0 Å². The first-order chi connectivity index (χ1) is 13.2. The van der Waals surface area contributed by atoms with E-state index in [1.165, 1.54) is 64.2 Å². The van der Waals surface area contributed by atoms with Gasteiger partial charge in [0.1, 0.15) is 24.4 Å². The van der Waals surface area contributed by atoms with E-state index in [-0.39, 0.29) is 13.2 Å². The summed E-state index contributed by atoms with van der Waals surface area (Å²) in [4.78, 5) is 0. The molecule has 0 aliphatic carbocycles. The third-order valence-corrected chi connectivity index (χ3v) is 5.19. The minimum absolute atomic E-state index is 0.0403. The van der Waals surface area contributed by atoms with Gasteiger partial charge in [0.15, 0.2) is 0 Å². The average molecular weight is 387 g/mol. The number of rotatable bonds is 16. The Balaban J connectivity index is 1.83. The number of hydrogen-bond acceptors (Lipinski definition) is 5. The Labute approximate surface area is 165 Å². The molecule has 0 aromatic rings. The van der Waals surface area contributed by atoms with Gasteiger partial charge in [0.25, 0.3) is 0 Å². The maximum atomic E-state index is 9.81. The van der Waals surface area contributed by atoms with Crippen molar-refractivity contribution in [3.8, 4) is 0 Å². The zero-order chi connectivity index (χ0) is 19.7. The van der Waals surface area contributed by atoms with E-state index in [0.717, 1.165) is 12.8 Å². The first-order valence-corrected chi connectivity index (χ1v) is 11.0. The molecule has 0 saturated carbocycles. The zero-order valence-corrected chi connectivity index (χ0v) is 17.2. The maximum absolute atomic E-state index is 9.81. The van der Waals surface area contributed by atoms with E-state index in [9.17, 15) is 15.3 Å². The second-order valence-electron chi connectivity index (χ2n) is 7.73. The van der Waals surface area contributed by atoms with Crippen molar-refractivity contribution in [1.82, 2.24) is 0 Å². The minimum atomic E-state index is -1.15. The summed E-state index contributed by atoms with van der Waals surface area (Å²) in [6.07, 6.45) is 16.0. The molecule has 5 heteroatoms. The first kappa shape index (κ1) is 24.6. The number of unbranched alkanes of at least 4 members (excludes halogenated alkanes) is 10. The first-order valence-electron chi connectivity index (χ1n) is 11.0. The molecule has 1 aliphatic heterocycles.